The Morgan fingerprint density at radius 3 is 2.68 bits per heavy atom. The predicted octanol–water partition coefficient (Wildman–Crippen LogP) is 2.71. The number of ether oxygens (including phenoxy) is 1. The summed E-state index contributed by atoms with van der Waals surface area (Å²) in [4.78, 5) is 11.4. The standard InChI is InChI=1S/C27H39N7O3S/c1-17(2)23-16-29-12-13-34(23)22-15-24(37-6)20(14-19(22)5)27(9-11-31-26(28)33-27)32-21-8-7-10-30-25(21)38(35,36)18(3)4/h7-11,14-15,17-18,23,29,32H,12-13,16H2,1-6H3,(H3,28,31,33). The van der Waals surface area contributed by atoms with Gasteiger partial charge in [-0.3, -0.25) is 0 Å². The first kappa shape index (κ1) is 27.7. The minimum absolute atomic E-state index is 0.0389. The number of methoxy groups -OCH3 is 1. The second-order valence-corrected chi connectivity index (χ2v) is 12.8. The number of piperazine rings is 1. The maximum Gasteiger partial charge on any atom is 0.200 e. The van der Waals surface area contributed by atoms with Crippen LogP contribution in [0, 0.1) is 12.8 Å². The lowest BCUT2D eigenvalue weighted by atomic mass is 9.93. The summed E-state index contributed by atoms with van der Waals surface area (Å²) in [5, 5.41) is 9.09. The van der Waals surface area contributed by atoms with Gasteiger partial charge in [0.05, 0.1) is 18.0 Å². The second kappa shape index (κ2) is 10.8. The van der Waals surface area contributed by atoms with Gasteiger partial charge in [-0.15, -0.1) is 0 Å². The van der Waals surface area contributed by atoms with Crippen molar-refractivity contribution in [1.82, 2.24) is 15.6 Å². The molecule has 2 aliphatic rings. The van der Waals surface area contributed by atoms with E-state index in [9.17, 15) is 8.42 Å². The van der Waals surface area contributed by atoms with Crippen LogP contribution in [0.4, 0.5) is 11.4 Å². The number of nitrogens with two attached hydrogens (primary N) is 1. The molecule has 5 N–H and O–H groups in total. The van der Waals surface area contributed by atoms with Crippen LogP contribution in [0.15, 0.2) is 52.8 Å². The van der Waals surface area contributed by atoms with E-state index in [0.717, 1.165) is 30.9 Å². The topological polar surface area (TPSA) is 134 Å². The molecule has 0 bridgehead atoms. The number of hydrogen-bond donors (Lipinski definition) is 4. The van der Waals surface area contributed by atoms with Crippen LogP contribution in [0.2, 0.25) is 0 Å². The van der Waals surface area contributed by atoms with Crippen molar-refractivity contribution < 1.29 is 13.2 Å². The number of hydrogen-bond acceptors (Lipinski definition) is 10. The minimum atomic E-state index is -3.68. The molecule has 1 aromatic carbocycles. The number of rotatable bonds is 8. The van der Waals surface area contributed by atoms with Gasteiger partial charge in [0, 0.05) is 55.4 Å². The van der Waals surface area contributed by atoms with Gasteiger partial charge in [0.2, 0.25) is 0 Å². The lowest BCUT2D eigenvalue weighted by Gasteiger charge is -2.42. The van der Waals surface area contributed by atoms with Gasteiger partial charge in [0.1, 0.15) is 5.75 Å². The van der Waals surface area contributed by atoms with Gasteiger partial charge in [-0.1, -0.05) is 13.8 Å². The Kier molecular flexibility index (Phi) is 7.89. The van der Waals surface area contributed by atoms with Gasteiger partial charge >= 0.3 is 0 Å². The molecular formula is C27H39N7O3S. The molecule has 2 aromatic rings. The van der Waals surface area contributed by atoms with Crippen LogP contribution in [-0.4, -0.2) is 57.4 Å². The molecule has 4 rings (SSSR count). The highest BCUT2D eigenvalue weighted by Gasteiger charge is 2.38. The SMILES string of the molecule is COc1cc(N2CCNCC2C(C)C)c(C)cc1C1(Nc2cccnc2S(=O)(=O)C(C)C)C=CNC(N)=N1. The zero-order valence-corrected chi connectivity index (χ0v) is 23.8. The fourth-order valence-corrected chi connectivity index (χ4v) is 6.09. The van der Waals surface area contributed by atoms with Crippen molar-refractivity contribution in [2.24, 2.45) is 16.6 Å². The second-order valence-electron chi connectivity index (χ2n) is 10.4. The zero-order chi connectivity index (χ0) is 27.7. The molecule has 1 fully saturated rings. The van der Waals surface area contributed by atoms with Crippen LogP contribution in [-0.2, 0) is 15.5 Å². The molecule has 11 heteroatoms. The first-order chi connectivity index (χ1) is 18.0. The fraction of sp³-hybridized carbons (Fsp3) is 0.481. The molecule has 38 heavy (non-hydrogen) atoms. The molecule has 10 nitrogen and oxygen atoms in total. The molecule has 0 amide bonds. The fourth-order valence-electron chi connectivity index (χ4n) is 5.01. The molecule has 0 aliphatic carbocycles. The Hall–Kier alpha value is -3.31. The molecule has 206 valence electrons. The van der Waals surface area contributed by atoms with Crippen LogP contribution in [0.3, 0.4) is 0 Å². The van der Waals surface area contributed by atoms with Crippen molar-refractivity contribution in [3.63, 3.8) is 0 Å². The van der Waals surface area contributed by atoms with E-state index in [0.29, 0.717) is 29.0 Å². The summed E-state index contributed by atoms with van der Waals surface area (Å²) in [6.07, 6.45) is 4.97. The van der Waals surface area contributed by atoms with E-state index in [1.165, 1.54) is 6.20 Å². The summed E-state index contributed by atoms with van der Waals surface area (Å²) in [6.45, 7) is 12.5. The zero-order valence-electron chi connectivity index (χ0n) is 22.9. The smallest absolute Gasteiger partial charge is 0.200 e. The molecule has 0 saturated carbocycles. The van der Waals surface area contributed by atoms with Crippen molar-refractivity contribution in [2.75, 3.05) is 37.0 Å². The van der Waals surface area contributed by atoms with Gasteiger partial charge < -0.3 is 31.3 Å². The minimum Gasteiger partial charge on any atom is -0.496 e. The van der Waals surface area contributed by atoms with Crippen molar-refractivity contribution >= 4 is 27.2 Å². The Morgan fingerprint density at radius 1 is 1.26 bits per heavy atom. The van der Waals surface area contributed by atoms with Gasteiger partial charge in [-0.05, 0) is 56.5 Å². The third kappa shape index (κ3) is 5.17. The highest BCUT2D eigenvalue weighted by atomic mass is 32.2. The van der Waals surface area contributed by atoms with Crippen LogP contribution >= 0.6 is 0 Å². The van der Waals surface area contributed by atoms with Gasteiger partial charge in [-0.2, -0.15) is 0 Å². The number of anilines is 2. The highest BCUT2D eigenvalue weighted by Crippen LogP contribution is 2.42. The first-order valence-corrected chi connectivity index (χ1v) is 14.5. The number of guanidine groups is 1. The Balaban J connectivity index is 1.87. The summed E-state index contributed by atoms with van der Waals surface area (Å²) in [6, 6.07) is 7.81. The summed E-state index contributed by atoms with van der Waals surface area (Å²) in [5.74, 6) is 1.26. The maximum atomic E-state index is 13.2. The monoisotopic (exact) mass is 541 g/mol. The molecule has 2 atom stereocenters. The number of benzene rings is 1. The van der Waals surface area contributed by atoms with E-state index in [4.69, 9.17) is 15.5 Å². The normalized spacial score (nSPS) is 21.8. The number of aliphatic imine (C=N–C) groups is 1. The highest BCUT2D eigenvalue weighted by molar-refractivity contribution is 7.92. The van der Waals surface area contributed by atoms with Gasteiger partial charge in [0.15, 0.2) is 26.5 Å². The first-order valence-electron chi connectivity index (χ1n) is 12.9. The van der Waals surface area contributed by atoms with E-state index in [1.54, 1.807) is 45.4 Å². The molecule has 2 aliphatic heterocycles. The van der Waals surface area contributed by atoms with Gasteiger partial charge in [0.25, 0.3) is 0 Å². The van der Waals surface area contributed by atoms with Gasteiger partial charge in [-0.25, -0.2) is 18.4 Å². The number of sulfone groups is 1. The van der Waals surface area contributed by atoms with Crippen LogP contribution in [0.1, 0.15) is 38.8 Å². The van der Waals surface area contributed by atoms with Crippen LogP contribution in [0.25, 0.3) is 0 Å². The summed E-state index contributed by atoms with van der Waals surface area (Å²) in [7, 11) is -2.05. The average Bonchev–Trinajstić information content (AvgIpc) is 2.88. The molecular weight excluding hydrogens is 502 g/mol. The van der Waals surface area contributed by atoms with Crippen molar-refractivity contribution in [2.45, 2.75) is 56.6 Å². The predicted molar refractivity (Wildman–Crippen MR) is 152 cm³/mol. The quantitative estimate of drug-likeness (QED) is 0.398. The van der Waals surface area contributed by atoms with E-state index in [1.807, 2.05) is 12.1 Å². The van der Waals surface area contributed by atoms with Crippen molar-refractivity contribution in [1.29, 1.82) is 0 Å². The van der Waals surface area contributed by atoms with Crippen LogP contribution < -0.4 is 31.3 Å². The van der Waals surface area contributed by atoms with Crippen molar-refractivity contribution in [3.05, 3.63) is 53.9 Å². The third-order valence-electron chi connectivity index (χ3n) is 7.13. The average molecular weight is 542 g/mol. The van der Waals surface area contributed by atoms with Crippen LogP contribution in [0.5, 0.6) is 5.75 Å². The Morgan fingerprint density at radius 2 is 2.03 bits per heavy atom. The molecule has 1 aromatic heterocycles. The summed E-state index contributed by atoms with van der Waals surface area (Å²) >= 11 is 0. The van der Waals surface area contributed by atoms with E-state index in [-0.39, 0.29) is 11.0 Å². The summed E-state index contributed by atoms with van der Waals surface area (Å²) in [5.41, 5.74) is 8.10. The summed E-state index contributed by atoms with van der Waals surface area (Å²) < 4.78 is 32.2. The number of nitrogens with zero attached hydrogens (tertiary/aromatic N) is 3. The maximum absolute atomic E-state index is 13.2. The third-order valence-corrected chi connectivity index (χ3v) is 9.24. The number of nitrogens with one attached hydrogen (secondary N) is 3. The number of pyridine rings is 1. The lowest BCUT2D eigenvalue weighted by Crippen LogP contribution is -2.54. The molecule has 2 unspecified atom stereocenters. The van der Waals surface area contributed by atoms with E-state index < -0.39 is 20.8 Å². The van der Waals surface area contributed by atoms with E-state index in [2.05, 4.69) is 46.6 Å². The Labute approximate surface area is 225 Å². The number of aryl methyl sites for hydroxylation is 1. The Bertz CT molecular complexity index is 1340. The molecule has 3 heterocycles. The molecule has 0 radical (unpaired) electrons. The molecule has 0 spiro atoms. The lowest BCUT2D eigenvalue weighted by molar-refractivity contribution is 0.385. The number of aromatic nitrogens is 1. The van der Waals surface area contributed by atoms with E-state index >= 15 is 0 Å². The van der Waals surface area contributed by atoms with Crippen molar-refractivity contribution in [3.8, 4) is 5.75 Å². The largest absolute Gasteiger partial charge is 0.496 e. The molecule has 1 saturated heterocycles.